The topological polar surface area (TPSA) is 96.2 Å². The first-order chi connectivity index (χ1) is 8.91. The molecule has 2 aromatic rings. The van der Waals surface area contributed by atoms with Crippen LogP contribution in [0.1, 0.15) is 21.7 Å². The van der Waals surface area contributed by atoms with Crippen LogP contribution in [0.4, 0.5) is 5.69 Å². The van der Waals surface area contributed by atoms with Crippen molar-refractivity contribution in [3.63, 3.8) is 0 Å². The number of hydrogen-bond donors (Lipinski definition) is 2. The quantitative estimate of drug-likeness (QED) is 0.817. The summed E-state index contributed by atoms with van der Waals surface area (Å²) in [6.07, 6.45) is 0. The van der Waals surface area contributed by atoms with E-state index in [0.717, 1.165) is 11.4 Å². The number of nitrogens with zero attached hydrogens (tertiary/aromatic N) is 2. The number of carbonyl (C=O) groups is 1. The highest BCUT2D eigenvalue weighted by Gasteiger charge is 2.15. The monoisotopic (exact) mass is 260 g/mol. The maximum Gasteiger partial charge on any atom is 0.250 e. The molecule has 1 heterocycles. The van der Waals surface area contributed by atoms with E-state index < -0.39 is 5.91 Å². The summed E-state index contributed by atoms with van der Waals surface area (Å²) in [4.78, 5) is 11.2. The summed E-state index contributed by atoms with van der Waals surface area (Å²) in [5.74, 6) is 0.453. The smallest absolute Gasteiger partial charge is 0.250 e. The standard InChI is InChI=1S/C13H16N4O2/c1-7-12(8(2)17(3)16-7)19-10-6-4-5-9(11(10)14)13(15)18/h4-6H,14H2,1-3H3,(H2,15,18). The van der Waals surface area contributed by atoms with Gasteiger partial charge in [0, 0.05) is 7.05 Å². The van der Waals surface area contributed by atoms with Crippen LogP contribution in [-0.2, 0) is 7.05 Å². The van der Waals surface area contributed by atoms with Gasteiger partial charge in [0.1, 0.15) is 5.69 Å². The zero-order valence-corrected chi connectivity index (χ0v) is 11.1. The van der Waals surface area contributed by atoms with Gasteiger partial charge in [0.2, 0.25) is 0 Å². The average molecular weight is 260 g/mol. The normalized spacial score (nSPS) is 10.5. The van der Waals surface area contributed by atoms with Crippen LogP contribution in [0.25, 0.3) is 0 Å². The molecule has 0 atom stereocenters. The van der Waals surface area contributed by atoms with E-state index in [2.05, 4.69) is 5.10 Å². The minimum absolute atomic E-state index is 0.234. The van der Waals surface area contributed by atoms with Crippen molar-refractivity contribution in [2.75, 3.05) is 5.73 Å². The largest absolute Gasteiger partial charge is 0.451 e. The Morgan fingerprint density at radius 3 is 2.58 bits per heavy atom. The van der Waals surface area contributed by atoms with Crippen LogP contribution >= 0.6 is 0 Å². The Balaban J connectivity index is 2.44. The second kappa shape index (κ2) is 4.64. The van der Waals surface area contributed by atoms with Crippen LogP contribution in [0.2, 0.25) is 0 Å². The summed E-state index contributed by atoms with van der Waals surface area (Å²) in [7, 11) is 1.83. The zero-order valence-electron chi connectivity index (χ0n) is 11.1. The molecule has 0 bridgehead atoms. The average Bonchev–Trinajstić information content (AvgIpc) is 2.58. The highest BCUT2D eigenvalue weighted by atomic mass is 16.5. The molecule has 0 aliphatic rings. The fraction of sp³-hybridized carbons (Fsp3) is 0.231. The molecule has 0 fully saturated rings. The van der Waals surface area contributed by atoms with Gasteiger partial charge in [-0.3, -0.25) is 9.48 Å². The van der Waals surface area contributed by atoms with E-state index >= 15 is 0 Å². The number of hydrogen-bond acceptors (Lipinski definition) is 4. The summed E-state index contributed by atoms with van der Waals surface area (Å²) in [5, 5.41) is 4.25. The van der Waals surface area contributed by atoms with Gasteiger partial charge in [0.25, 0.3) is 5.91 Å². The second-order valence-electron chi connectivity index (χ2n) is 4.31. The SMILES string of the molecule is Cc1nn(C)c(C)c1Oc1cccc(C(N)=O)c1N. The molecule has 0 spiro atoms. The maximum atomic E-state index is 11.2. The molecule has 2 rings (SSSR count). The molecule has 0 unspecified atom stereocenters. The summed E-state index contributed by atoms with van der Waals surface area (Å²) >= 11 is 0. The van der Waals surface area contributed by atoms with Crippen molar-refractivity contribution in [3.05, 3.63) is 35.2 Å². The lowest BCUT2D eigenvalue weighted by Gasteiger charge is -2.10. The first-order valence-electron chi connectivity index (χ1n) is 5.78. The molecule has 100 valence electrons. The number of anilines is 1. The molecule has 1 amide bonds. The van der Waals surface area contributed by atoms with Gasteiger partial charge in [-0.1, -0.05) is 6.07 Å². The van der Waals surface area contributed by atoms with E-state index in [1.165, 1.54) is 0 Å². The Hall–Kier alpha value is -2.50. The fourth-order valence-electron chi connectivity index (χ4n) is 1.86. The lowest BCUT2D eigenvalue weighted by molar-refractivity contribution is 0.100. The predicted octanol–water partition coefficient (Wildman–Crippen LogP) is 1.51. The molecule has 0 saturated carbocycles. The third kappa shape index (κ3) is 2.24. The van der Waals surface area contributed by atoms with Gasteiger partial charge in [-0.15, -0.1) is 0 Å². The molecular weight excluding hydrogens is 244 g/mol. The molecule has 0 radical (unpaired) electrons. The van der Waals surface area contributed by atoms with Crippen LogP contribution in [-0.4, -0.2) is 15.7 Å². The van der Waals surface area contributed by atoms with Crippen molar-refractivity contribution in [1.29, 1.82) is 0 Å². The molecule has 0 saturated heterocycles. The Labute approximate surface area is 111 Å². The second-order valence-corrected chi connectivity index (χ2v) is 4.31. The van der Waals surface area contributed by atoms with Crippen LogP contribution in [0, 0.1) is 13.8 Å². The molecule has 19 heavy (non-hydrogen) atoms. The first kappa shape index (κ1) is 12.9. The number of rotatable bonds is 3. The molecule has 0 aliphatic heterocycles. The van der Waals surface area contributed by atoms with E-state index in [0.29, 0.717) is 11.5 Å². The third-order valence-corrected chi connectivity index (χ3v) is 2.99. The molecule has 1 aromatic heterocycles. The van der Waals surface area contributed by atoms with Crippen molar-refractivity contribution in [1.82, 2.24) is 9.78 Å². The number of para-hydroxylation sites is 1. The molecule has 1 aromatic carbocycles. The number of amides is 1. The fourth-order valence-corrected chi connectivity index (χ4v) is 1.86. The highest BCUT2D eigenvalue weighted by Crippen LogP contribution is 2.33. The molecule has 6 nitrogen and oxygen atoms in total. The van der Waals surface area contributed by atoms with Crippen molar-refractivity contribution in [3.8, 4) is 11.5 Å². The number of ether oxygens (including phenoxy) is 1. The van der Waals surface area contributed by atoms with Crippen molar-refractivity contribution in [2.45, 2.75) is 13.8 Å². The number of aryl methyl sites for hydroxylation is 2. The van der Waals surface area contributed by atoms with Gasteiger partial charge in [0.05, 0.1) is 16.9 Å². The van der Waals surface area contributed by atoms with Gasteiger partial charge in [0.15, 0.2) is 11.5 Å². The van der Waals surface area contributed by atoms with Gasteiger partial charge in [-0.25, -0.2) is 0 Å². The van der Waals surface area contributed by atoms with E-state index in [1.54, 1.807) is 22.9 Å². The molecule has 6 heteroatoms. The van der Waals surface area contributed by atoms with Crippen molar-refractivity contribution < 1.29 is 9.53 Å². The van der Waals surface area contributed by atoms with Crippen LogP contribution in [0.5, 0.6) is 11.5 Å². The summed E-state index contributed by atoms with van der Waals surface area (Å²) in [6.45, 7) is 3.74. The van der Waals surface area contributed by atoms with E-state index in [4.69, 9.17) is 16.2 Å². The zero-order chi connectivity index (χ0) is 14.2. The molecule has 4 N–H and O–H groups in total. The molecular formula is C13H16N4O2. The van der Waals surface area contributed by atoms with Crippen LogP contribution in [0.3, 0.4) is 0 Å². The van der Waals surface area contributed by atoms with Gasteiger partial charge >= 0.3 is 0 Å². The number of nitrogens with two attached hydrogens (primary N) is 2. The van der Waals surface area contributed by atoms with Crippen molar-refractivity contribution in [2.24, 2.45) is 12.8 Å². The maximum absolute atomic E-state index is 11.2. The Morgan fingerprint density at radius 2 is 2.05 bits per heavy atom. The van der Waals surface area contributed by atoms with Crippen molar-refractivity contribution >= 4 is 11.6 Å². The third-order valence-electron chi connectivity index (χ3n) is 2.99. The van der Waals surface area contributed by atoms with E-state index in [-0.39, 0.29) is 11.3 Å². The van der Waals surface area contributed by atoms with Crippen LogP contribution in [0.15, 0.2) is 18.2 Å². The summed E-state index contributed by atoms with van der Waals surface area (Å²) in [5.41, 5.74) is 13.2. The number of primary amides is 1. The minimum atomic E-state index is -0.581. The summed E-state index contributed by atoms with van der Waals surface area (Å²) in [6, 6.07) is 4.92. The van der Waals surface area contributed by atoms with Gasteiger partial charge in [-0.2, -0.15) is 5.10 Å². The molecule has 0 aliphatic carbocycles. The van der Waals surface area contributed by atoms with E-state index in [9.17, 15) is 4.79 Å². The van der Waals surface area contributed by atoms with E-state index in [1.807, 2.05) is 20.9 Å². The lowest BCUT2D eigenvalue weighted by Crippen LogP contribution is -2.13. The van der Waals surface area contributed by atoms with Gasteiger partial charge < -0.3 is 16.2 Å². The number of aromatic nitrogens is 2. The van der Waals surface area contributed by atoms with Gasteiger partial charge in [-0.05, 0) is 26.0 Å². The number of carbonyl (C=O) groups excluding carboxylic acids is 1. The number of nitrogen functional groups attached to an aromatic ring is 1. The summed E-state index contributed by atoms with van der Waals surface area (Å²) < 4.78 is 7.49. The first-order valence-corrected chi connectivity index (χ1v) is 5.78. The Bertz CT molecular complexity index is 646. The minimum Gasteiger partial charge on any atom is -0.451 e. The lowest BCUT2D eigenvalue weighted by atomic mass is 10.1. The predicted molar refractivity (Wildman–Crippen MR) is 72.1 cm³/mol. The number of benzene rings is 1. The van der Waals surface area contributed by atoms with Crippen LogP contribution < -0.4 is 16.2 Å². The Kier molecular flexibility index (Phi) is 3.16. The Morgan fingerprint density at radius 1 is 1.37 bits per heavy atom. The highest BCUT2D eigenvalue weighted by molar-refractivity contribution is 5.99.